The van der Waals surface area contributed by atoms with Crippen LogP contribution in [0.1, 0.15) is 31.4 Å². The number of furan rings is 1. The number of methoxy groups -OCH3 is 1. The molecule has 0 bridgehead atoms. The van der Waals surface area contributed by atoms with Gasteiger partial charge in [0.25, 0.3) is 0 Å². The number of rotatable bonds is 3. The lowest BCUT2D eigenvalue weighted by Crippen LogP contribution is -2.21. The normalized spacial score (nSPS) is 25.5. The summed E-state index contributed by atoms with van der Waals surface area (Å²) in [6, 6.07) is 6.01. The van der Waals surface area contributed by atoms with E-state index in [1.807, 2.05) is 18.2 Å². The topological polar surface area (TPSA) is 46.2 Å². The highest BCUT2D eigenvalue weighted by atomic mass is 16.5. The van der Waals surface area contributed by atoms with Gasteiger partial charge >= 0.3 is 0 Å². The van der Waals surface area contributed by atoms with Gasteiger partial charge in [0.05, 0.1) is 18.4 Å². The van der Waals surface area contributed by atoms with Gasteiger partial charge in [0.2, 0.25) is 0 Å². The first kappa shape index (κ1) is 11.9. The summed E-state index contributed by atoms with van der Waals surface area (Å²) in [5, 5.41) is 9.21. The van der Waals surface area contributed by atoms with Crippen LogP contribution in [0.3, 0.4) is 0 Å². The third-order valence-corrected chi connectivity index (χ3v) is 3.42. The molecule has 1 fully saturated rings. The van der Waals surface area contributed by atoms with Crippen molar-refractivity contribution in [2.75, 3.05) is 7.11 Å². The highest BCUT2D eigenvalue weighted by molar-refractivity contribution is 5.53. The Morgan fingerprint density at radius 2 is 2.24 bits per heavy atom. The fourth-order valence-corrected chi connectivity index (χ4v) is 2.38. The molecule has 1 aliphatic carbocycles. The van der Waals surface area contributed by atoms with Crippen molar-refractivity contribution in [2.24, 2.45) is 5.92 Å². The van der Waals surface area contributed by atoms with Gasteiger partial charge < -0.3 is 9.15 Å². The van der Waals surface area contributed by atoms with Crippen molar-refractivity contribution in [1.29, 1.82) is 5.26 Å². The predicted molar refractivity (Wildman–Crippen MR) is 65.1 cm³/mol. The summed E-state index contributed by atoms with van der Waals surface area (Å²) in [6.45, 7) is 0. The van der Waals surface area contributed by atoms with E-state index in [1.54, 1.807) is 13.4 Å². The van der Waals surface area contributed by atoms with Crippen LogP contribution < -0.4 is 0 Å². The highest BCUT2D eigenvalue weighted by Gasteiger charge is 2.23. The number of ether oxygens (including phenoxy) is 1. The Morgan fingerprint density at radius 3 is 2.76 bits per heavy atom. The second-order valence-electron chi connectivity index (χ2n) is 4.44. The van der Waals surface area contributed by atoms with Crippen molar-refractivity contribution in [2.45, 2.75) is 31.8 Å². The molecule has 2 rings (SSSR count). The summed E-state index contributed by atoms with van der Waals surface area (Å²) < 4.78 is 10.6. The minimum atomic E-state index is 0.358. The number of hydrogen-bond acceptors (Lipinski definition) is 3. The molecule has 0 unspecified atom stereocenters. The predicted octanol–water partition coefficient (Wildman–Crippen LogP) is 3.39. The molecule has 90 valence electrons. The molecule has 0 atom stereocenters. The quantitative estimate of drug-likeness (QED) is 0.749. The Morgan fingerprint density at radius 1 is 1.47 bits per heavy atom. The minimum Gasteiger partial charge on any atom is -0.465 e. The molecule has 0 spiro atoms. The fraction of sp³-hybridized carbons (Fsp3) is 0.500. The molecule has 0 aromatic carbocycles. The first-order valence-electron chi connectivity index (χ1n) is 6.01. The van der Waals surface area contributed by atoms with Crippen LogP contribution in [0.25, 0.3) is 6.08 Å². The minimum absolute atomic E-state index is 0.358. The van der Waals surface area contributed by atoms with Gasteiger partial charge in [0.1, 0.15) is 5.76 Å². The van der Waals surface area contributed by atoms with E-state index in [2.05, 4.69) is 6.07 Å². The summed E-state index contributed by atoms with van der Waals surface area (Å²) in [4.78, 5) is 0. The van der Waals surface area contributed by atoms with Gasteiger partial charge in [-0.15, -0.1) is 0 Å². The molecule has 1 saturated carbocycles. The van der Waals surface area contributed by atoms with Crippen molar-refractivity contribution >= 4 is 6.08 Å². The van der Waals surface area contributed by atoms with Crippen LogP contribution in [-0.4, -0.2) is 13.2 Å². The maximum absolute atomic E-state index is 9.21. The van der Waals surface area contributed by atoms with Crippen LogP contribution >= 0.6 is 0 Å². The van der Waals surface area contributed by atoms with Crippen molar-refractivity contribution < 1.29 is 9.15 Å². The Bertz CT molecular complexity index is 406. The molecule has 0 saturated heterocycles. The Balaban J connectivity index is 2.03. The van der Waals surface area contributed by atoms with Crippen LogP contribution in [0.4, 0.5) is 0 Å². The van der Waals surface area contributed by atoms with E-state index in [0.717, 1.165) is 37.0 Å². The lowest BCUT2D eigenvalue weighted by Gasteiger charge is -2.27. The van der Waals surface area contributed by atoms with Crippen molar-refractivity contribution in [3.8, 4) is 6.07 Å². The first-order valence-corrected chi connectivity index (χ1v) is 6.01. The van der Waals surface area contributed by atoms with Crippen LogP contribution in [0.5, 0.6) is 0 Å². The average Bonchev–Trinajstić information content (AvgIpc) is 2.89. The first-order chi connectivity index (χ1) is 8.33. The molecule has 17 heavy (non-hydrogen) atoms. The van der Waals surface area contributed by atoms with E-state index in [9.17, 15) is 5.26 Å². The number of hydrogen-bond donors (Lipinski definition) is 0. The molecule has 1 aliphatic rings. The van der Waals surface area contributed by atoms with E-state index >= 15 is 0 Å². The lowest BCUT2D eigenvalue weighted by molar-refractivity contribution is 0.0619. The molecule has 3 nitrogen and oxygen atoms in total. The summed E-state index contributed by atoms with van der Waals surface area (Å²) in [7, 11) is 1.76. The SMILES string of the molecule is COC1CCC(/C(C#N)=C\c2ccco2)CC1. The Kier molecular flexibility index (Phi) is 4.00. The highest BCUT2D eigenvalue weighted by Crippen LogP contribution is 2.31. The van der Waals surface area contributed by atoms with E-state index in [0.29, 0.717) is 12.0 Å². The lowest BCUT2D eigenvalue weighted by atomic mass is 9.82. The maximum atomic E-state index is 9.21. The van der Waals surface area contributed by atoms with E-state index in [4.69, 9.17) is 9.15 Å². The molecule has 1 aromatic rings. The summed E-state index contributed by atoms with van der Waals surface area (Å²) in [5.74, 6) is 1.12. The molecular formula is C14H17NO2. The summed E-state index contributed by atoms with van der Waals surface area (Å²) in [6.07, 6.45) is 7.99. The van der Waals surface area contributed by atoms with Gasteiger partial charge in [-0.05, 0) is 49.8 Å². The zero-order chi connectivity index (χ0) is 12.1. The van der Waals surface area contributed by atoms with Gasteiger partial charge in [-0.25, -0.2) is 0 Å². The zero-order valence-corrected chi connectivity index (χ0v) is 10.1. The van der Waals surface area contributed by atoms with Crippen molar-refractivity contribution in [3.05, 3.63) is 29.7 Å². The smallest absolute Gasteiger partial charge is 0.127 e. The third kappa shape index (κ3) is 2.98. The molecule has 3 heteroatoms. The van der Waals surface area contributed by atoms with Gasteiger partial charge in [0, 0.05) is 12.7 Å². The Labute approximate surface area is 102 Å². The molecular weight excluding hydrogens is 214 g/mol. The second-order valence-corrected chi connectivity index (χ2v) is 4.44. The summed E-state index contributed by atoms with van der Waals surface area (Å²) in [5.41, 5.74) is 0.828. The number of allylic oxidation sites excluding steroid dienone is 1. The molecule has 1 heterocycles. The van der Waals surface area contributed by atoms with Gasteiger partial charge in [-0.2, -0.15) is 5.26 Å². The maximum Gasteiger partial charge on any atom is 0.127 e. The summed E-state index contributed by atoms with van der Waals surface area (Å²) >= 11 is 0. The van der Waals surface area contributed by atoms with Gasteiger partial charge in [-0.3, -0.25) is 0 Å². The van der Waals surface area contributed by atoms with Gasteiger partial charge in [0.15, 0.2) is 0 Å². The molecule has 0 amide bonds. The fourth-order valence-electron chi connectivity index (χ4n) is 2.38. The standard InChI is InChI=1S/C14H17NO2/c1-16-13-6-4-11(5-7-13)12(10-15)9-14-3-2-8-17-14/h2-3,8-9,11,13H,4-7H2,1H3/b12-9-. The molecule has 0 N–H and O–H groups in total. The van der Waals surface area contributed by atoms with E-state index in [1.165, 1.54) is 0 Å². The zero-order valence-electron chi connectivity index (χ0n) is 10.1. The monoisotopic (exact) mass is 231 g/mol. The van der Waals surface area contributed by atoms with E-state index in [-0.39, 0.29) is 0 Å². The van der Waals surface area contributed by atoms with Crippen molar-refractivity contribution in [1.82, 2.24) is 0 Å². The average molecular weight is 231 g/mol. The van der Waals surface area contributed by atoms with E-state index < -0.39 is 0 Å². The van der Waals surface area contributed by atoms with Crippen LogP contribution in [0, 0.1) is 17.2 Å². The number of nitriles is 1. The Hall–Kier alpha value is -1.53. The number of nitrogens with zero attached hydrogens (tertiary/aromatic N) is 1. The van der Waals surface area contributed by atoms with Crippen LogP contribution in [0.2, 0.25) is 0 Å². The van der Waals surface area contributed by atoms with Crippen LogP contribution in [-0.2, 0) is 4.74 Å². The van der Waals surface area contributed by atoms with Gasteiger partial charge in [-0.1, -0.05) is 0 Å². The molecule has 0 radical (unpaired) electrons. The van der Waals surface area contributed by atoms with Crippen molar-refractivity contribution in [3.63, 3.8) is 0 Å². The molecule has 0 aliphatic heterocycles. The largest absolute Gasteiger partial charge is 0.465 e. The van der Waals surface area contributed by atoms with Crippen LogP contribution in [0.15, 0.2) is 28.4 Å². The second kappa shape index (κ2) is 5.70. The third-order valence-electron chi connectivity index (χ3n) is 3.42. The molecule has 1 aromatic heterocycles.